The lowest BCUT2D eigenvalue weighted by Crippen LogP contribution is -2.37. The van der Waals surface area contributed by atoms with Gasteiger partial charge in [-0.1, -0.05) is 42.5 Å². The van der Waals surface area contributed by atoms with Crippen molar-refractivity contribution in [2.45, 2.75) is 32.4 Å². The molecule has 2 aromatic carbocycles. The highest BCUT2D eigenvalue weighted by molar-refractivity contribution is 5.95. The molecule has 2 rings (SSSR count). The minimum Gasteiger partial charge on any atom is -0.458 e. The Hall–Kier alpha value is -3.48. The number of hydrogen-bond acceptors (Lipinski definition) is 5. The summed E-state index contributed by atoms with van der Waals surface area (Å²) < 4.78 is 5.41. The number of nitrogens with zero attached hydrogens (tertiary/aromatic N) is 1. The van der Waals surface area contributed by atoms with Crippen molar-refractivity contribution in [1.82, 2.24) is 5.32 Å². The van der Waals surface area contributed by atoms with E-state index in [1.807, 2.05) is 0 Å². The van der Waals surface area contributed by atoms with E-state index in [-0.39, 0.29) is 5.69 Å². The normalized spacial score (nSPS) is 12.4. The van der Waals surface area contributed by atoms with E-state index in [4.69, 9.17) is 4.74 Å². The number of esters is 1. The average molecular weight is 382 g/mol. The van der Waals surface area contributed by atoms with Crippen molar-refractivity contribution < 1.29 is 19.2 Å². The summed E-state index contributed by atoms with van der Waals surface area (Å²) in [6.07, 6.45) is 2.67. The fourth-order valence-corrected chi connectivity index (χ4v) is 2.39. The van der Waals surface area contributed by atoms with Crippen LogP contribution in [0.5, 0.6) is 0 Å². The van der Waals surface area contributed by atoms with E-state index in [0.717, 1.165) is 0 Å². The summed E-state index contributed by atoms with van der Waals surface area (Å²) in [5.74, 6) is -1.10. The van der Waals surface area contributed by atoms with E-state index < -0.39 is 28.4 Å². The number of amides is 1. The van der Waals surface area contributed by atoms with Gasteiger partial charge >= 0.3 is 5.97 Å². The van der Waals surface area contributed by atoms with Gasteiger partial charge in [-0.15, -0.1) is 0 Å². The third-order valence-corrected chi connectivity index (χ3v) is 3.57. The van der Waals surface area contributed by atoms with E-state index in [2.05, 4.69) is 5.32 Å². The van der Waals surface area contributed by atoms with Gasteiger partial charge in [0.1, 0.15) is 5.60 Å². The molecule has 1 atom stereocenters. The van der Waals surface area contributed by atoms with Gasteiger partial charge in [0.15, 0.2) is 6.04 Å². The summed E-state index contributed by atoms with van der Waals surface area (Å²) >= 11 is 0. The van der Waals surface area contributed by atoms with Crippen LogP contribution in [0.15, 0.2) is 60.7 Å². The van der Waals surface area contributed by atoms with Gasteiger partial charge in [0, 0.05) is 18.2 Å². The Morgan fingerprint density at radius 2 is 1.79 bits per heavy atom. The fourth-order valence-electron chi connectivity index (χ4n) is 2.39. The zero-order valence-electron chi connectivity index (χ0n) is 15.9. The maximum Gasteiger partial charge on any atom is 0.333 e. The van der Waals surface area contributed by atoms with Gasteiger partial charge in [0.05, 0.1) is 4.92 Å². The van der Waals surface area contributed by atoms with Crippen molar-refractivity contribution >= 4 is 23.6 Å². The van der Waals surface area contributed by atoms with Crippen molar-refractivity contribution in [2.75, 3.05) is 0 Å². The first kappa shape index (κ1) is 20.8. The molecular formula is C21H22N2O5. The number of non-ortho nitro benzene ring substituents is 1. The Kier molecular flexibility index (Phi) is 6.65. The Labute approximate surface area is 163 Å². The number of nitrogens with one attached hydrogen (secondary N) is 1. The van der Waals surface area contributed by atoms with Gasteiger partial charge in [-0.3, -0.25) is 14.9 Å². The number of ether oxygens (including phenoxy) is 1. The second-order valence-corrected chi connectivity index (χ2v) is 7.07. The molecule has 0 unspecified atom stereocenters. The second-order valence-electron chi connectivity index (χ2n) is 7.07. The molecule has 0 fully saturated rings. The molecule has 28 heavy (non-hydrogen) atoms. The molecule has 1 amide bonds. The molecule has 0 saturated heterocycles. The number of nitro groups is 1. The molecule has 0 aromatic heterocycles. The van der Waals surface area contributed by atoms with Crippen LogP contribution >= 0.6 is 0 Å². The van der Waals surface area contributed by atoms with Gasteiger partial charge in [-0.05, 0) is 38.0 Å². The molecule has 2 aromatic rings. The number of carbonyl (C=O) groups is 2. The van der Waals surface area contributed by atoms with E-state index in [0.29, 0.717) is 11.1 Å². The van der Waals surface area contributed by atoms with Gasteiger partial charge in [0.2, 0.25) is 5.91 Å². The summed E-state index contributed by atoms with van der Waals surface area (Å²) in [6, 6.07) is 13.7. The van der Waals surface area contributed by atoms with Gasteiger partial charge < -0.3 is 10.1 Å². The van der Waals surface area contributed by atoms with E-state index in [9.17, 15) is 19.7 Å². The zero-order valence-corrected chi connectivity index (χ0v) is 15.9. The molecule has 7 nitrogen and oxygen atoms in total. The van der Waals surface area contributed by atoms with E-state index >= 15 is 0 Å². The maximum atomic E-state index is 12.6. The highest BCUT2D eigenvalue weighted by Gasteiger charge is 2.27. The third kappa shape index (κ3) is 6.35. The monoisotopic (exact) mass is 382 g/mol. The minimum atomic E-state index is -0.970. The highest BCUT2D eigenvalue weighted by atomic mass is 16.6. The zero-order chi connectivity index (χ0) is 20.7. The fraction of sp³-hybridized carbons (Fsp3) is 0.238. The van der Waals surface area contributed by atoms with Crippen LogP contribution in [0.1, 0.15) is 37.9 Å². The largest absolute Gasteiger partial charge is 0.458 e. The molecule has 0 spiro atoms. The summed E-state index contributed by atoms with van der Waals surface area (Å²) in [6.45, 7) is 5.24. The lowest BCUT2D eigenvalue weighted by atomic mass is 10.1. The maximum absolute atomic E-state index is 12.6. The van der Waals surface area contributed by atoms with Crippen LogP contribution in [0.25, 0.3) is 6.08 Å². The SMILES string of the molecule is CC(C)(C)OC(=O)[C@@H](NC(=O)/C=C/c1cccc([N+](=O)[O-])c1)c1ccccc1. The first-order valence-corrected chi connectivity index (χ1v) is 8.66. The number of rotatable bonds is 6. The molecule has 0 bridgehead atoms. The standard InChI is InChI=1S/C21H22N2O5/c1-21(2,3)28-20(25)19(16-9-5-4-6-10-16)22-18(24)13-12-15-8-7-11-17(14-15)23(26)27/h4-14,19H,1-3H3,(H,22,24)/b13-12+/t19-/m0/s1. The lowest BCUT2D eigenvalue weighted by Gasteiger charge is -2.24. The van der Waals surface area contributed by atoms with Crippen LogP contribution in [-0.2, 0) is 14.3 Å². The van der Waals surface area contributed by atoms with Crippen LogP contribution in [-0.4, -0.2) is 22.4 Å². The van der Waals surface area contributed by atoms with Crippen molar-refractivity contribution in [3.8, 4) is 0 Å². The van der Waals surface area contributed by atoms with Crippen LogP contribution in [0, 0.1) is 10.1 Å². The predicted molar refractivity (Wildman–Crippen MR) is 105 cm³/mol. The Bertz CT molecular complexity index is 885. The highest BCUT2D eigenvalue weighted by Crippen LogP contribution is 2.19. The molecular weight excluding hydrogens is 360 g/mol. The first-order chi connectivity index (χ1) is 13.2. The molecule has 146 valence electrons. The molecule has 0 aliphatic carbocycles. The van der Waals surface area contributed by atoms with E-state index in [1.165, 1.54) is 30.4 Å². The summed E-state index contributed by atoms with van der Waals surface area (Å²) in [5.41, 5.74) is 0.318. The lowest BCUT2D eigenvalue weighted by molar-refractivity contribution is -0.384. The molecule has 0 aliphatic rings. The number of nitro benzene ring substituents is 1. The van der Waals surface area contributed by atoms with Crippen molar-refractivity contribution in [3.05, 3.63) is 81.9 Å². The summed E-state index contributed by atoms with van der Waals surface area (Å²) in [7, 11) is 0. The average Bonchev–Trinajstić information content (AvgIpc) is 2.64. The van der Waals surface area contributed by atoms with Crippen LogP contribution < -0.4 is 5.32 Å². The Morgan fingerprint density at radius 1 is 1.11 bits per heavy atom. The van der Waals surface area contributed by atoms with Gasteiger partial charge in [-0.25, -0.2) is 4.79 Å². The van der Waals surface area contributed by atoms with Gasteiger partial charge in [0.25, 0.3) is 5.69 Å². The molecule has 0 aliphatic heterocycles. The smallest absolute Gasteiger partial charge is 0.333 e. The quantitative estimate of drug-likeness (QED) is 0.354. The minimum absolute atomic E-state index is 0.0709. The molecule has 0 radical (unpaired) electrons. The molecule has 0 saturated carbocycles. The van der Waals surface area contributed by atoms with Crippen molar-refractivity contribution in [3.63, 3.8) is 0 Å². The molecule has 1 N–H and O–H groups in total. The Balaban J connectivity index is 2.17. The number of hydrogen-bond donors (Lipinski definition) is 1. The second kappa shape index (κ2) is 8.94. The van der Waals surface area contributed by atoms with Crippen molar-refractivity contribution in [1.29, 1.82) is 0 Å². The molecule has 7 heteroatoms. The summed E-state index contributed by atoms with van der Waals surface area (Å²) in [5, 5.41) is 13.5. The Morgan fingerprint density at radius 3 is 2.39 bits per heavy atom. The molecule has 0 heterocycles. The van der Waals surface area contributed by atoms with Crippen LogP contribution in [0.4, 0.5) is 5.69 Å². The number of benzene rings is 2. The number of carbonyl (C=O) groups excluding carboxylic acids is 2. The third-order valence-electron chi connectivity index (χ3n) is 3.57. The van der Waals surface area contributed by atoms with Crippen molar-refractivity contribution in [2.24, 2.45) is 0 Å². The van der Waals surface area contributed by atoms with Crippen LogP contribution in [0.2, 0.25) is 0 Å². The first-order valence-electron chi connectivity index (χ1n) is 8.66. The van der Waals surface area contributed by atoms with E-state index in [1.54, 1.807) is 57.2 Å². The van der Waals surface area contributed by atoms with Gasteiger partial charge in [-0.2, -0.15) is 0 Å². The topological polar surface area (TPSA) is 98.5 Å². The summed E-state index contributed by atoms with van der Waals surface area (Å²) in [4.78, 5) is 35.2. The van der Waals surface area contributed by atoms with Crippen LogP contribution in [0.3, 0.4) is 0 Å². The predicted octanol–water partition coefficient (Wildman–Crippen LogP) is 3.81.